The van der Waals surface area contributed by atoms with E-state index in [1.807, 2.05) is 6.07 Å². The lowest BCUT2D eigenvalue weighted by Gasteiger charge is -2.31. The second kappa shape index (κ2) is 7.25. The molecule has 2 aromatic rings. The second-order valence-corrected chi connectivity index (χ2v) is 6.32. The zero-order chi connectivity index (χ0) is 17.1. The monoisotopic (exact) mass is 346 g/mol. The number of hydrogen-bond acceptors (Lipinski definition) is 5. The molecule has 1 aromatic heterocycles. The minimum Gasteiger partial charge on any atom is -0.476 e. The van der Waals surface area contributed by atoms with Crippen LogP contribution in [0.5, 0.6) is 0 Å². The summed E-state index contributed by atoms with van der Waals surface area (Å²) in [6, 6.07) is 7.11. The summed E-state index contributed by atoms with van der Waals surface area (Å²) in [6.07, 6.45) is 1.56. The van der Waals surface area contributed by atoms with Crippen LogP contribution in [-0.2, 0) is 6.54 Å². The van der Waals surface area contributed by atoms with Crippen molar-refractivity contribution >= 4 is 17.6 Å². The van der Waals surface area contributed by atoms with E-state index in [2.05, 4.69) is 26.8 Å². The van der Waals surface area contributed by atoms with Gasteiger partial charge in [-0.2, -0.15) is 0 Å². The molecule has 1 aliphatic heterocycles. The van der Waals surface area contributed by atoms with E-state index in [0.29, 0.717) is 28.5 Å². The predicted octanol–water partition coefficient (Wildman–Crippen LogP) is 2.24. The van der Waals surface area contributed by atoms with Gasteiger partial charge >= 0.3 is 5.97 Å². The molecule has 24 heavy (non-hydrogen) atoms. The summed E-state index contributed by atoms with van der Waals surface area (Å²) in [5, 5.41) is 10.0. The van der Waals surface area contributed by atoms with Gasteiger partial charge in [0.2, 0.25) is 0 Å². The van der Waals surface area contributed by atoms with Crippen LogP contribution < -0.4 is 0 Å². The fourth-order valence-electron chi connectivity index (χ4n) is 2.74. The molecule has 0 unspecified atom stereocenters. The molecule has 1 aliphatic rings. The lowest BCUT2D eigenvalue weighted by molar-refractivity contribution is 0.0690. The van der Waals surface area contributed by atoms with Gasteiger partial charge in [0.05, 0.1) is 6.54 Å². The van der Waals surface area contributed by atoms with Crippen LogP contribution in [0.2, 0.25) is 5.02 Å². The topological polar surface area (TPSA) is 69.6 Å². The van der Waals surface area contributed by atoms with E-state index in [9.17, 15) is 9.90 Å². The van der Waals surface area contributed by atoms with Crippen molar-refractivity contribution < 1.29 is 9.90 Å². The third-order valence-electron chi connectivity index (χ3n) is 4.17. The van der Waals surface area contributed by atoms with Crippen LogP contribution in [0.4, 0.5) is 0 Å². The molecule has 0 atom stereocenters. The van der Waals surface area contributed by atoms with E-state index in [-0.39, 0.29) is 5.69 Å². The van der Waals surface area contributed by atoms with Crippen LogP contribution in [0.25, 0.3) is 11.1 Å². The Morgan fingerprint density at radius 2 is 1.92 bits per heavy atom. The van der Waals surface area contributed by atoms with Gasteiger partial charge in [0.15, 0.2) is 5.69 Å². The molecule has 1 N–H and O–H groups in total. The number of carboxylic acids is 1. The van der Waals surface area contributed by atoms with E-state index in [1.54, 1.807) is 24.4 Å². The number of halogens is 1. The molecule has 0 spiro atoms. The Morgan fingerprint density at radius 1 is 1.21 bits per heavy atom. The summed E-state index contributed by atoms with van der Waals surface area (Å²) in [7, 11) is 2.09. The van der Waals surface area contributed by atoms with Crippen molar-refractivity contribution in [2.24, 2.45) is 0 Å². The van der Waals surface area contributed by atoms with Gasteiger partial charge in [-0.3, -0.25) is 4.90 Å². The molecule has 126 valence electrons. The molecule has 2 heterocycles. The second-order valence-electron chi connectivity index (χ2n) is 5.91. The Morgan fingerprint density at radius 3 is 2.58 bits per heavy atom. The van der Waals surface area contributed by atoms with Gasteiger partial charge in [-0.1, -0.05) is 29.8 Å². The Kier molecular flexibility index (Phi) is 5.08. The van der Waals surface area contributed by atoms with Gasteiger partial charge in [-0.25, -0.2) is 14.8 Å². The summed E-state index contributed by atoms with van der Waals surface area (Å²) >= 11 is 6.18. The van der Waals surface area contributed by atoms with Gasteiger partial charge in [-0.05, 0) is 13.1 Å². The average molecular weight is 347 g/mol. The average Bonchev–Trinajstić information content (AvgIpc) is 2.57. The lowest BCUT2D eigenvalue weighted by atomic mass is 10.1. The smallest absolute Gasteiger partial charge is 0.355 e. The SMILES string of the molecule is CN1CCN(Cc2ncc(-c3ccccc3Cl)c(C(=O)O)n2)CC1. The number of carbonyl (C=O) groups is 1. The fraction of sp³-hybridized carbons (Fsp3) is 0.353. The Hall–Kier alpha value is -2.02. The summed E-state index contributed by atoms with van der Waals surface area (Å²) in [6.45, 7) is 4.38. The van der Waals surface area contributed by atoms with Crippen LogP contribution in [0, 0.1) is 0 Å². The van der Waals surface area contributed by atoms with Crippen molar-refractivity contribution in [2.45, 2.75) is 6.54 Å². The summed E-state index contributed by atoms with van der Waals surface area (Å²) in [5.41, 5.74) is 1.06. The number of aromatic carboxylic acids is 1. The maximum Gasteiger partial charge on any atom is 0.355 e. The number of benzene rings is 1. The zero-order valence-electron chi connectivity index (χ0n) is 13.4. The lowest BCUT2D eigenvalue weighted by Crippen LogP contribution is -2.44. The van der Waals surface area contributed by atoms with Crippen LogP contribution in [0.1, 0.15) is 16.3 Å². The van der Waals surface area contributed by atoms with Crippen molar-refractivity contribution in [3.05, 3.63) is 47.0 Å². The maximum absolute atomic E-state index is 11.6. The van der Waals surface area contributed by atoms with Gasteiger partial charge in [-0.15, -0.1) is 0 Å². The van der Waals surface area contributed by atoms with Crippen molar-refractivity contribution in [1.29, 1.82) is 0 Å². The van der Waals surface area contributed by atoms with Crippen LogP contribution >= 0.6 is 11.6 Å². The predicted molar refractivity (Wildman–Crippen MR) is 92.2 cm³/mol. The van der Waals surface area contributed by atoms with E-state index in [4.69, 9.17) is 11.6 Å². The van der Waals surface area contributed by atoms with E-state index in [0.717, 1.165) is 26.2 Å². The number of rotatable bonds is 4. The number of piperazine rings is 1. The van der Waals surface area contributed by atoms with E-state index < -0.39 is 5.97 Å². The molecular formula is C17H19ClN4O2. The summed E-state index contributed by atoms with van der Waals surface area (Å²) < 4.78 is 0. The third kappa shape index (κ3) is 3.72. The van der Waals surface area contributed by atoms with Crippen LogP contribution in [0.15, 0.2) is 30.5 Å². The molecule has 0 amide bonds. The Balaban J connectivity index is 1.88. The first-order valence-corrected chi connectivity index (χ1v) is 8.17. The highest BCUT2D eigenvalue weighted by atomic mass is 35.5. The highest BCUT2D eigenvalue weighted by Crippen LogP contribution is 2.29. The molecule has 0 aliphatic carbocycles. The van der Waals surface area contributed by atoms with Crippen LogP contribution in [0.3, 0.4) is 0 Å². The zero-order valence-corrected chi connectivity index (χ0v) is 14.2. The first kappa shape index (κ1) is 16.8. The minimum absolute atomic E-state index is 0.0118. The fourth-order valence-corrected chi connectivity index (χ4v) is 2.98. The van der Waals surface area contributed by atoms with Crippen LogP contribution in [-0.4, -0.2) is 64.1 Å². The quantitative estimate of drug-likeness (QED) is 0.915. The number of nitrogens with zero attached hydrogens (tertiary/aromatic N) is 4. The summed E-state index contributed by atoms with van der Waals surface area (Å²) in [5.74, 6) is -0.556. The maximum atomic E-state index is 11.6. The van der Waals surface area contributed by atoms with Gasteiger partial charge < -0.3 is 10.0 Å². The van der Waals surface area contributed by atoms with Crippen molar-refractivity contribution in [3.8, 4) is 11.1 Å². The summed E-state index contributed by atoms with van der Waals surface area (Å²) in [4.78, 5) is 24.8. The number of carboxylic acid groups (broad SMARTS) is 1. The molecular weight excluding hydrogens is 328 g/mol. The number of aromatic nitrogens is 2. The molecule has 1 fully saturated rings. The largest absolute Gasteiger partial charge is 0.476 e. The minimum atomic E-state index is -1.08. The number of likely N-dealkylation sites (N-methyl/N-ethyl adjacent to an activating group) is 1. The van der Waals surface area contributed by atoms with E-state index in [1.165, 1.54) is 0 Å². The molecule has 6 nitrogen and oxygen atoms in total. The first-order valence-electron chi connectivity index (χ1n) is 7.79. The molecule has 0 saturated carbocycles. The Labute approximate surface area is 145 Å². The van der Waals surface area contributed by atoms with Gasteiger partial charge in [0, 0.05) is 48.5 Å². The molecule has 7 heteroatoms. The molecule has 0 bridgehead atoms. The highest BCUT2D eigenvalue weighted by molar-refractivity contribution is 6.33. The van der Waals surface area contributed by atoms with E-state index >= 15 is 0 Å². The normalized spacial score (nSPS) is 16.2. The molecule has 0 radical (unpaired) electrons. The number of hydrogen-bond donors (Lipinski definition) is 1. The Bertz CT molecular complexity index is 745. The first-order chi connectivity index (χ1) is 11.5. The van der Waals surface area contributed by atoms with Gasteiger partial charge in [0.1, 0.15) is 5.82 Å². The highest BCUT2D eigenvalue weighted by Gasteiger charge is 2.20. The van der Waals surface area contributed by atoms with Crippen molar-refractivity contribution in [3.63, 3.8) is 0 Å². The molecule has 1 aromatic carbocycles. The van der Waals surface area contributed by atoms with Gasteiger partial charge in [0.25, 0.3) is 0 Å². The molecule has 3 rings (SSSR count). The third-order valence-corrected chi connectivity index (χ3v) is 4.50. The molecule has 1 saturated heterocycles. The van der Waals surface area contributed by atoms with Crippen molar-refractivity contribution in [2.75, 3.05) is 33.2 Å². The van der Waals surface area contributed by atoms with Crippen molar-refractivity contribution in [1.82, 2.24) is 19.8 Å². The standard InChI is InChI=1S/C17H19ClN4O2/c1-21-6-8-22(9-7-21)11-15-19-10-13(16(20-15)17(23)24)12-4-2-3-5-14(12)18/h2-5,10H,6-9,11H2,1H3,(H,23,24).